The molecule has 1 unspecified atom stereocenters. The molecule has 4 rings (SSSR count). The van der Waals surface area contributed by atoms with Crippen LogP contribution in [0.2, 0.25) is 0 Å². The van der Waals surface area contributed by atoms with E-state index in [4.69, 9.17) is 4.74 Å². The standard InChI is InChI=1S/C19H18F3N3O4/c1-8(20)13-10-4-5-25(18(10)24-7-23-13)19-16(28)15(27)17(29-19)14(26)9-2-3-11(21)12(22)6-9/h2-8,14-17,19,26-28H,1H3/t8?,14-,15+,16-,17-,19-/m1/s1. The maximum atomic E-state index is 13.8. The number of benzene rings is 1. The minimum absolute atomic E-state index is 0.0194. The van der Waals surface area contributed by atoms with Crippen molar-refractivity contribution in [3.8, 4) is 0 Å². The lowest BCUT2D eigenvalue weighted by Crippen LogP contribution is -2.34. The summed E-state index contributed by atoms with van der Waals surface area (Å²) in [5.41, 5.74) is 0.424. The summed E-state index contributed by atoms with van der Waals surface area (Å²) < 4.78 is 47.5. The van der Waals surface area contributed by atoms with E-state index < -0.39 is 48.4 Å². The number of nitrogens with zero attached hydrogens (tertiary/aromatic N) is 3. The molecule has 3 N–H and O–H groups in total. The predicted molar refractivity (Wildman–Crippen MR) is 94.3 cm³/mol. The van der Waals surface area contributed by atoms with Gasteiger partial charge in [0.05, 0.1) is 5.69 Å². The Bertz CT molecular complexity index is 1040. The number of halogens is 3. The van der Waals surface area contributed by atoms with Gasteiger partial charge in [-0.25, -0.2) is 23.1 Å². The number of aliphatic hydroxyl groups excluding tert-OH is 3. The molecule has 2 aromatic heterocycles. The van der Waals surface area contributed by atoms with Gasteiger partial charge in [-0.05, 0) is 30.7 Å². The molecule has 1 fully saturated rings. The Morgan fingerprint density at radius 1 is 1.10 bits per heavy atom. The number of aliphatic hydroxyl groups is 3. The van der Waals surface area contributed by atoms with Crippen LogP contribution >= 0.6 is 0 Å². The summed E-state index contributed by atoms with van der Waals surface area (Å²) in [5, 5.41) is 31.8. The summed E-state index contributed by atoms with van der Waals surface area (Å²) >= 11 is 0. The van der Waals surface area contributed by atoms with Crippen molar-refractivity contribution < 1.29 is 33.2 Å². The zero-order chi connectivity index (χ0) is 20.9. The summed E-state index contributed by atoms with van der Waals surface area (Å²) in [7, 11) is 0. The average molecular weight is 409 g/mol. The van der Waals surface area contributed by atoms with Gasteiger partial charge in [0.1, 0.15) is 42.6 Å². The summed E-state index contributed by atoms with van der Waals surface area (Å²) in [5.74, 6) is -2.24. The van der Waals surface area contributed by atoms with E-state index in [0.717, 1.165) is 18.2 Å². The smallest absolute Gasteiger partial charge is 0.164 e. The molecule has 154 valence electrons. The monoisotopic (exact) mass is 409 g/mol. The normalized spacial score (nSPS) is 26.7. The molecular weight excluding hydrogens is 391 g/mol. The van der Waals surface area contributed by atoms with Crippen molar-refractivity contribution >= 4 is 11.0 Å². The van der Waals surface area contributed by atoms with Gasteiger partial charge in [0.15, 0.2) is 17.9 Å². The Hall–Kier alpha value is -2.53. The molecule has 29 heavy (non-hydrogen) atoms. The first-order valence-electron chi connectivity index (χ1n) is 8.89. The van der Waals surface area contributed by atoms with E-state index in [-0.39, 0.29) is 16.9 Å². The Labute approximate surface area is 163 Å². The van der Waals surface area contributed by atoms with Crippen LogP contribution in [0, 0.1) is 11.6 Å². The molecule has 0 spiro atoms. The van der Waals surface area contributed by atoms with Crippen LogP contribution in [0.4, 0.5) is 13.2 Å². The molecule has 0 saturated carbocycles. The van der Waals surface area contributed by atoms with Crippen molar-refractivity contribution in [1.29, 1.82) is 0 Å². The molecule has 7 nitrogen and oxygen atoms in total. The second-order valence-corrected chi connectivity index (χ2v) is 6.93. The lowest BCUT2D eigenvalue weighted by atomic mass is 9.99. The van der Waals surface area contributed by atoms with E-state index in [1.165, 1.54) is 24.0 Å². The number of fused-ring (bicyclic) bond motifs is 1. The van der Waals surface area contributed by atoms with Gasteiger partial charge in [-0.15, -0.1) is 0 Å². The minimum atomic E-state index is -1.53. The third-order valence-electron chi connectivity index (χ3n) is 5.06. The van der Waals surface area contributed by atoms with Crippen molar-refractivity contribution in [3.05, 3.63) is 59.7 Å². The SMILES string of the molecule is CC(F)c1ncnc2c1ccn2[C@@H]1O[C@H]([C@H](O)c2ccc(F)c(F)c2)[C@@H](O)[C@H]1O. The zero-order valence-electron chi connectivity index (χ0n) is 15.2. The van der Waals surface area contributed by atoms with Crippen LogP contribution in [0.5, 0.6) is 0 Å². The van der Waals surface area contributed by atoms with Crippen LogP contribution in [0.25, 0.3) is 11.0 Å². The molecule has 1 aliphatic heterocycles. The molecule has 3 aromatic rings. The largest absolute Gasteiger partial charge is 0.387 e. The molecule has 1 aliphatic rings. The van der Waals surface area contributed by atoms with Crippen molar-refractivity contribution in [1.82, 2.24) is 14.5 Å². The zero-order valence-corrected chi connectivity index (χ0v) is 15.2. The van der Waals surface area contributed by atoms with Crippen LogP contribution in [0.1, 0.15) is 36.7 Å². The Morgan fingerprint density at radius 2 is 1.86 bits per heavy atom. The van der Waals surface area contributed by atoms with Gasteiger partial charge in [0, 0.05) is 11.6 Å². The second kappa shape index (κ2) is 7.38. The molecule has 10 heteroatoms. The first-order chi connectivity index (χ1) is 13.8. The first-order valence-corrected chi connectivity index (χ1v) is 8.89. The predicted octanol–water partition coefficient (Wildman–Crippen LogP) is 2.09. The van der Waals surface area contributed by atoms with E-state index >= 15 is 0 Å². The van der Waals surface area contributed by atoms with Crippen LogP contribution < -0.4 is 0 Å². The third kappa shape index (κ3) is 3.27. The van der Waals surface area contributed by atoms with Crippen molar-refractivity contribution in [2.75, 3.05) is 0 Å². The maximum absolute atomic E-state index is 13.8. The number of ether oxygens (including phenoxy) is 1. The van der Waals surface area contributed by atoms with E-state index in [2.05, 4.69) is 9.97 Å². The second-order valence-electron chi connectivity index (χ2n) is 6.93. The number of hydrogen-bond acceptors (Lipinski definition) is 6. The van der Waals surface area contributed by atoms with Gasteiger partial charge in [0.25, 0.3) is 0 Å². The van der Waals surface area contributed by atoms with E-state index in [0.29, 0.717) is 5.39 Å². The quantitative estimate of drug-likeness (QED) is 0.610. The van der Waals surface area contributed by atoms with Crippen LogP contribution in [-0.4, -0.2) is 48.2 Å². The van der Waals surface area contributed by atoms with Gasteiger partial charge in [-0.1, -0.05) is 6.07 Å². The summed E-state index contributed by atoms with van der Waals surface area (Å²) in [6.45, 7) is 1.33. The van der Waals surface area contributed by atoms with Gasteiger partial charge in [0.2, 0.25) is 0 Å². The molecule has 3 heterocycles. The summed E-state index contributed by atoms with van der Waals surface area (Å²) in [6.07, 6.45) is -5.66. The van der Waals surface area contributed by atoms with Crippen LogP contribution in [0.15, 0.2) is 36.8 Å². The Kier molecular flexibility index (Phi) is 5.03. The Balaban J connectivity index is 1.66. The van der Waals surface area contributed by atoms with Gasteiger partial charge >= 0.3 is 0 Å². The maximum Gasteiger partial charge on any atom is 0.164 e. The minimum Gasteiger partial charge on any atom is -0.387 e. The topological polar surface area (TPSA) is 101 Å². The van der Waals surface area contributed by atoms with E-state index in [1.54, 1.807) is 6.07 Å². The number of alkyl halides is 1. The highest BCUT2D eigenvalue weighted by molar-refractivity contribution is 5.79. The lowest BCUT2D eigenvalue weighted by molar-refractivity contribution is -0.0849. The fraction of sp³-hybridized carbons (Fsp3) is 0.368. The number of aromatic nitrogens is 3. The van der Waals surface area contributed by atoms with Gasteiger partial charge < -0.3 is 24.6 Å². The van der Waals surface area contributed by atoms with Crippen molar-refractivity contribution in [2.24, 2.45) is 0 Å². The highest BCUT2D eigenvalue weighted by atomic mass is 19.2. The molecule has 0 radical (unpaired) electrons. The van der Waals surface area contributed by atoms with Crippen LogP contribution in [0.3, 0.4) is 0 Å². The molecular formula is C19H18F3N3O4. The lowest BCUT2D eigenvalue weighted by Gasteiger charge is -2.21. The molecule has 6 atom stereocenters. The van der Waals surface area contributed by atoms with Gasteiger partial charge in [-0.3, -0.25) is 0 Å². The van der Waals surface area contributed by atoms with Gasteiger partial charge in [-0.2, -0.15) is 0 Å². The first kappa shape index (κ1) is 19.8. The number of rotatable bonds is 4. The third-order valence-corrected chi connectivity index (χ3v) is 5.06. The highest BCUT2D eigenvalue weighted by Gasteiger charge is 2.47. The van der Waals surface area contributed by atoms with Crippen molar-refractivity contribution in [2.45, 2.75) is 43.7 Å². The van der Waals surface area contributed by atoms with E-state index in [9.17, 15) is 28.5 Å². The highest BCUT2D eigenvalue weighted by Crippen LogP contribution is 2.38. The fourth-order valence-electron chi connectivity index (χ4n) is 3.58. The number of hydrogen-bond donors (Lipinski definition) is 3. The van der Waals surface area contributed by atoms with E-state index in [1.807, 2.05) is 0 Å². The Morgan fingerprint density at radius 3 is 2.55 bits per heavy atom. The molecule has 0 bridgehead atoms. The summed E-state index contributed by atoms with van der Waals surface area (Å²) in [6, 6.07) is 4.36. The summed E-state index contributed by atoms with van der Waals surface area (Å²) in [4.78, 5) is 8.02. The molecule has 0 aliphatic carbocycles. The molecule has 1 aromatic carbocycles. The average Bonchev–Trinajstić information content (AvgIpc) is 3.25. The molecule has 1 saturated heterocycles. The molecule has 0 amide bonds. The fourth-order valence-corrected chi connectivity index (χ4v) is 3.58. The van der Waals surface area contributed by atoms with Crippen LogP contribution in [-0.2, 0) is 4.74 Å². The van der Waals surface area contributed by atoms with Crippen molar-refractivity contribution in [3.63, 3.8) is 0 Å².